The third kappa shape index (κ3) is 4.73. The van der Waals surface area contributed by atoms with E-state index in [9.17, 15) is 4.79 Å². The third-order valence-corrected chi connectivity index (χ3v) is 5.46. The molecule has 1 aliphatic rings. The molecule has 7 heteroatoms. The van der Waals surface area contributed by atoms with Gasteiger partial charge in [-0.2, -0.15) is 0 Å². The van der Waals surface area contributed by atoms with Crippen LogP contribution in [0.25, 0.3) is 11.3 Å². The van der Waals surface area contributed by atoms with Crippen molar-refractivity contribution >= 4 is 5.91 Å². The van der Waals surface area contributed by atoms with Crippen molar-refractivity contribution in [3.8, 4) is 17.0 Å². The second-order valence-corrected chi connectivity index (χ2v) is 7.64. The Labute approximate surface area is 181 Å². The van der Waals surface area contributed by atoms with Gasteiger partial charge in [-0.05, 0) is 30.7 Å². The summed E-state index contributed by atoms with van der Waals surface area (Å²) in [7, 11) is 1.70. The second-order valence-electron chi connectivity index (χ2n) is 7.64. The standard InChI is InChI=1S/C24H26N4O3/c1-16-3-4-19(20(13-16)30-2)14-28-11-12-31-21(15-28)23-22(26-9-10-27-23)17-5-7-18(8-6-17)24(25)29/h3-10,13,21H,11-12,14-15H2,1-2H3,(H2,25,29)/t21-/m0/s1. The van der Waals surface area contributed by atoms with Crippen molar-refractivity contribution < 1.29 is 14.3 Å². The van der Waals surface area contributed by atoms with Crippen molar-refractivity contribution in [2.75, 3.05) is 26.8 Å². The number of nitrogens with zero attached hydrogens (tertiary/aromatic N) is 3. The van der Waals surface area contributed by atoms with Gasteiger partial charge in [0, 0.05) is 48.7 Å². The molecule has 0 bridgehead atoms. The van der Waals surface area contributed by atoms with E-state index in [2.05, 4.69) is 40.0 Å². The van der Waals surface area contributed by atoms with E-state index in [0.717, 1.165) is 41.4 Å². The van der Waals surface area contributed by atoms with E-state index in [-0.39, 0.29) is 6.10 Å². The number of rotatable bonds is 6. The number of aryl methyl sites for hydroxylation is 1. The molecule has 2 N–H and O–H groups in total. The number of benzene rings is 2. The lowest BCUT2D eigenvalue weighted by Gasteiger charge is -2.33. The largest absolute Gasteiger partial charge is 0.496 e. The molecule has 0 saturated carbocycles. The number of hydrogen-bond acceptors (Lipinski definition) is 6. The predicted octanol–water partition coefficient (Wildman–Crippen LogP) is 3.13. The van der Waals surface area contributed by atoms with Crippen LogP contribution in [0.15, 0.2) is 54.9 Å². The van der Waals surface area contributed by atoms with E-state index in [0.29, 0.717) is 18.7 Å². The zero-order valence-corrected chi connectivity index (χ0v) is 17.7. The minimum absolute atomic E-state index is 0.204. The summed E-state index contributed by atoms with van der Waals surface area (Å²) in [6, 6.07) is 13.4. The molecule has 0 radical (unpaired) electrons. The highest BCUT2D eigenvalue weighted by Crippen LogP contribution is 2.30. The first-order chi connectivity index (χ1) is 15.0. The van der Waals surface area contributed by atoms with Gasteiger partial charge < -0.3 is 15.2 Å². The van der Waals surface area contributed by atoms with Crippen molar-refractivity contribution in [3.05, 3.63) is 77.2 Å². The number of amides is 1. The van der Waals surface area contributed by atoms with Gasteiger partial charge >= 0.3 is 0 Å². The monoisotopic (exact) mass is 418 g/mol. The van der Waals surface area contributed by atoms with E-state index in [1.807, 2.05) is 12.1 Å². The lowest BCUT2D eigenvalue weighted by atomic mass is 10.0. The Morgan fingerprint density at radius 2 is 1.97 bits per heavy atom. The Morgan fingerprint density at radius 1 is 1.19 bits per heavy atom. The molecule has 0 spiro atoms. The molecule has 0 unspecified atom stereocenters. The molecular formula is C24H26N4O3. The molecule has 1 saturated heterocycles. The van der Waals surface area contributed by atoms with E-state index in [1.165, 1.54) is 5.56 Å². The molecule has 0 aliphatic carbocycles. The topological polar surface area (TPSA) is 90.6 Å². The van der Waals surface area contributed by atoms with Gasteiger partial charge in [-0.3, -0.25) is 19.7 Å². The normalized spacial score (nSPS) is 16.8. The molecule has 2 aromatic carbocycles. The van der Waals surface area contributed by atoms with Crippen LogP contribution in [0.1, 0.15) is 33.3 Å². The van der Waals surface area contributed by atoms with Crippen LogP contribution in [-0.2, 0) is 11.3 Å². The van der Waals surface area contributed by atoms with Crippen LogP contribution in [0.4, 0.5) is 0 Å². The summed E-state index contributed by atoms with van der Waals surface area (Å²) in [6.45, 7) is 4.96. The van der Waals surface area contributed by atoms with Gasteiger partial charge in [-0.15, -0.1) is 0 Å². The van der Waals surface area contributed by atoms with Crippen LogP contribution in [0, 0.1) is 6.92 Å². The van der Waals surface area contributed by atoms with Gasteiger partial charge in [0.25, 0.3) is 0 Å². The van der Waals surface area contributed by atoms with E-state index in [1.54, 1.807) is 31.6 Å². The van der Waals surface area contributed by atoms with Crippen molar-refractivity contribution in [2.24, 2.45) is 5.73 Å². The number of methoxy groups -OCH3 is 1. The van der Waals surface area contributed by atoms with Gasteiger partial charge in [-0.1, -0.05) is 24.3 Å². The average Bonchev–Trinajstić information content (AvgIpc) is 2.80. The highest BCUT2D eigenvalue weighted by Gasteiger charge is 2.27. The summed E-state index contributed by atoms with van der Waals surface area (Å²) >= 11 is 0. The van der Waals surface area contributed by atoms with E-state index >= 15 is 0 Å². The number of nitrogens with two attached hydrogens (primary N) is 1. The molecule has 1 atom stereocenters. The molecule has 1 aromatic heterocycles. The van der Waals surface area contributed by atoms with Crippen molar-refractivity contribution in [1.29, 1.82) is 0 Å². The van der Waals surface area contributed by atoms with Crippen LogP contribution in [0.2, 0.25) is 0 Å². The molecule has 1 fully saturated rings. The summed E-state index contributed by atoms with van der Waals surface area (Å²) in [6.07, 6.45) is 3.14. The van der Waals surface area contributed by atoms with Gasteiger partial charge in [0.05, 0.1) is 25.1 Å². The molecule has 1 amide bonds. The molecular weight excluding hydrogens is 392 g/mol. The Morgan fingerprint density at radius 3 is 2.71 bits per heavy atom. The summed E-state index contributed by atoms with van der Waals surface area (Å²) in [4.78, 5) is 22.9. The third-order valence-electron chi connectivity index (χ3n) is 5.46. The van der Waals surface area contributed by atoms with Crippen molar-refractivity contribution in [2.45, 2.75) is 19.6 Å². The van der Waals surface area contributed by atoms with Crippen LogP contribution >= 0.6 is 0 Å². The smallest absolute Gasteiger partial charge is 0.248 e. The number of aromatic nitrogens is 2. The summed E-state index contributed by atoms with van der Waals surface area (Å²) in [5.41, 5.74) is 10.5. The van der Waals surface area contributed by atoms with Crippen LogP contribution < -0.4 is 10.5 Å². The first-order valence-corrected chi connectivity index (χ1v) is 10.2. The van der Waals surface area contributed by atoms with Crippen molar-refractivity contribution in [1.82, 2.24) is 14.9 Å². The Hall–Kier alpha value is -3.29. The highest BCUT2D eigenvalue weighted by molar-refractivity contribution is 5.93. The van der Waals surface area contributed by atoms with Crippen LogP contribution in [0.3, 0.4) is 0 Å². The van der Waals surface area contributed by atoms with Gasteiger partial charge in [0.15, 0.2) is 0 Å². The van der Waals surface area contributed by atoms with Gasteiger partial charge in [0.2, 0.25) is 5.91 Å². The average molecular weight is 418 g/mol. The fourth-order valence-electron chi connectivity index (χ4n) is 3.83. The molecule has 31 heavy (non-hydrogen) atoms. The summed E-state index contributed by atoms with van der Waals surface area (Å²) in [5.74, 6) is 0.446. The number of hydrogen-bond donors (Lipinski definition) is 1. The fraction of sp³-hybridized carbons (Fsp3) is 0.292. The molecule has 3 aromatic rings. The van der Waals surface area contributed by atoms with E-state index < -0.39 is 5.91 Å². The quantitative estimate of drug-likeness (QED) is 0.661. The zero-order valence-electron chi connectivity index (χ0n) is 17.7. The lowest BCUT2D eigenvalue weighted by molar-refractivity contribution is -0.0350. The summed E-state index contributed by atoms with van der Waals surface area (Å²) < 4.78 is 11.7. The number of ether oxygens (including phenoxy) is 2. The number of primary amides is 1. The Kier molecular flexibility index (Phi) is 6.25. The number of carbonyl (C=O) groups excluding carboxylic acids is 1. The maximum Gasteiger partial charge on any atom is 0.248 e. The highest BCUT2D eigenvalue weighted by atomic mass is 16.5. The van der Waals surface area contributed by atoms with Crippen LogP contribution in [0.5, 0.6) is 5.75 Å². The maximum atomic E-state index is 11.4. The molecule has 2 heterocycles. The SMILES string of the molecule is COc1cc(C)ccc1CN1CCO[C@H](c2nccnc2-c2ccc(C(N)=O)cc2)C1. The number of carbonyl (C=O) groups is 1. The Bertz CT molecular complexity index is 1070. The van der Waals surface area contributed by atoms with Crippen molar-refractivity contribution in [3.63, 3.8) is 0 Å². The fourth-order valence-corrected chi connectivity index (χ4v) is 3.83. The predicted molar refractivity (Wildman–Crippen MR) is 118 cm³/mol. The zero-order chi connectivity index (χ0) is 21.8. The van der Waals surface area contributed by atoms with Crippen LogP contribution in [-0.4, -0.2) is 47.6 Å². The molecule has 160 valence electrons. The Balaban J connectivity index is 1.56. The first kappa shape index (κ1) is 21.0. The van der Waals surface area contributed by atoms with Gasteiger partial charge in [0.1, 0.15) is 11.9 Å². The molecule has 7 nitrogen and oxygen atoms in total. The van der Waals surface area contributed by atoms with Gasteiger partial charge in [-0.25, -0.2) is 0 Å². The maximum absolute atomic E-state index is 11.4. The molecule has 4 rings (SSSR count). The minimum Gasteiger partial charge on any atom is -0.496 e. The first-order valence-electron chi connectivity index (χ1n) is 10.2. The lowest BCUT2D eigenvalue weighted by Crippen LogP contribution is -2.38. The second kappa shape index (κ2) is 9.24. The molecule has 1 aliphatic heterocycles. The minimum atomic E-state index is -0.455. The number of morpholine rings is 1. The summed E-state index contributed by atoms with van der Waals surface area (Å²) in [5, 5.41) is 0. The van der Waals surface area contributed by atoms with E-state index in [4.69, 9.17) is 15.2 Å².